The van der Waals surface area contributed by atoms with Crippen LogP contribution in [0, 0.1) is 0 Å². The minimum atomic E-state index is 0.309. The number of hydrogen-bond donors (Lipinski definition) is 0. The molecular weight excluding hydrogens is 94.1 g/mol. The van der Waals surface area contributed by atoms with Crippen molar-refractivity contribution in [3.8, 4) is 0 Å². The fourth-order valence-electron chi connectivity index (χ4n) is 0.258. The molecule has 0 spiro atoms. The maximum absolute atomic E-state index is 4.15. The SMILES string of the molecule is CCN=S(C)C. The van der Waals surface area contributed by atoms with Crippen LogP contribution in [0.4, 0.5) is 0 Å². The van der Waals surface area contributed by atoms with Gasteiger partial charge in [-0.15, -0.1) is 10.7 Å². The van der Waals surface area contributed by atoms with Gasteiger partial charge in [0.15, 0.2) is 0 Å². The zero-order valence-electron chi connectivity index (χ0n) is 4.56. The van der Waals surface area contributed by atoms with Crippen molar-refractivity contribution in [2.24, 2.45) is 4.36 Å². The molecular formula is C4H11NS. The molecule has 0 aliphatic rings. The summed E-state index contributed by atoms with van der Waals surface area (Å²) in [6, 6.07) is 0. The third-order valence-electron chi connectivity index (χ3n) is 0.387. The summed E-state index contributed by atoms with van der Waals surface area (Å²) in [5.74, 6) is 0. The Morgan fingerprint density at radius 2 is 2.00 bits per heavy atom. The molecule has 0 bridgehead atoms. The van der Waals surface area contributed by atoms with Crippen LogP contribution in [0.15, 0.2) is 4.36 Å². The first-order valence-corrected chi connectivity index (χ1v) is 4.02. The van der Waals surface area contributed by atoms with Crippen molar-refractivity contribution in [3.63, 3.8) is 0 Å². The summed E-state index contributed by atoms with van der Waals surface area (Å²) in [5.41, 5.74) is 0. The van der Waals surface area contributed by atoms with Crippen LogP contribution >= 0.6 is 0 Å². The highest BCUT2D eigenvalue weighted by Crippen LogP contribution is 1.71. The van der Waals surface area contributed by atoms with E-state index in [-0.39, 0.29) is 0 Å². The smallest absolute Gasteiger partial charge is 0.0429 e. The highest BCUT2D eigenvalue weighted by molar-refractivity contribution is 7.85. The Labute approximate surface area is 41.9 Å². The molecule has 0 amide bonds. The molecule has 0 aromatic heterocycles. The van der Waals surface area contributed by atoms with Crippen molar-refractivity contribution >= 4 is 10.7 Å². The predicted molar refractivity (Wildman–Crippen MR) is 32.2 cm³/mol. The summed E-state index contributed by atoms with van der Waals surface area (Å²) in [6.45, 7) is 3.03. The zero-order chi connectivity index (χ0) is 4.99. The van der Waals surface area contributed by atoms with E-state index >= 15 is 0 Å². The highest BCUT2D eigenvalue weighted by Gasteiger charge is 1.65. The predicted octanol–water partition coefficient (Wildman–Crippen LogP) is 1.07. The van der Waals surface area contributed by atoms with Gasteiger partial charge in [-0.05, 0) is 19.4 Å². The molecule has 0 saturated carbocycles. The van der Waals surface area contributed by atoms with Gasteiger partial charge in [0.05, 0.1) is 0 Å². The molecule has 0 aliphatic heterocycles. The average Bonchev–Trinajstić information content (AvgIpc) is 1.35. The standard InChI is InChI=1S/C4H11NS/c1-4-5-6(2)3/h4H2,1-3H3. The molecule has 0 saturated heterocycles. The van der Waals surface area contributed by atoms with Gasteiger partial charge in [-0.25, -0.2) is 0 Å². The molecule has 0 rings (SSSR count). The minimum absolute atomic E-state index is 0.309. The minimum Gasteiger partial charge on any atom is -0.266 e. The molecule has 6 heavy (non-hydrogen) atoms. The van der Waals surface area contributed by atoms with E-state index < -0.39 is 0 Å². The number of nitrogens with zero attached hydrogens (tertiary/aromatic N) is 1. The van der Waals surface area contributed by atoms with Gasteiger partial charge in [0.1, 0.15) is 0 Å². The van der Waals surface area contributed by atoms with E-state index in [9.17, 15) is 0 Å². The first-order chi connectivity index (χ1) is 2.77. The van der Waals surface area contributed by atoms with Gasteiger partial charge in [-0.3, -0.25) is 4.36 Å². The van der Waals surface area contributed by atoms with Crippen LogP contribution in [0.3, 0.4) is 0 Å². The Morgan fingerprint density at radius 1 is 1.50 bits per heavy atom. The molecule has 38 valence electrons. The molecule has 0 N–H and O–H groups in total. The van der Waals surface area contributed by atoms with E-state index in [1.807, 2.05) is 0 Å². The van der Waals surface area contributed by atoms with Crippen molar-refractivity contribution in [3.05, 3.63) is 0 Å². The summed E-state index contributed by atoms with van der Waals surface area (Å²) in [4.78, 5) is 0. The first-order valence-electron chi connectivity index (χ1n) is 2.02. The molecule has 0 aliphatic carbocycles. The van der Waals surface area contributed by atoms with Crippen LogP contribution in [0.25, 0.3) is 0 Å². The second kappa shape index (κ2) is 3.34. The molecule has 2 heteroatoms. The Balaban J connectivity index is 3.14. The maximum Gasteiger partial charge on any atom is 0.0429 e. The van der Waals surface area contributed by atoms with Gasteiger partial charge in [0.25, 0.3) is 0 Å². The Kier molecular flexibility index (Phi) is 3.43. The Morgan fingerprint density at radius 3 is 2.00 bits per heavy atom. The van der Waals surface area contributed by atoms with E-state index in [1.54, 1.807) is 0 Å². The van der Waals surface area contributed by atoms with E-state index in [0.29, 0.717) is 10.7 Å². The summed E-state index contributed by atoms with van der Waals surface area (Å²) in [6.07, 6.45) is 4.23. The summed E-state index contributed by atoms with van der Waals surface area (Å²) >= 11 is 0. The van der Waals surface area contributed by atoms with Crippen LogP contribution in [0.2, 0.25) is 0 Å². The topological polar surface area (TPSA) is 12.4 Å². The molecule has 0 unspecified atom stereocenters. The van der Waals surface area contributed by atoms with E-state index in [0.717, 1.165) is 6.54 Å². The van der Waals surface area contributed by atoms with Crippen molar-refractivity contribution in [2.75, 3.05) is 19.1 Å². The van der Waals surface area contributed by atoms with Crippen LogP contribution in [-0.4, -0.2) is 19.1 Å². The van der Waals surface area contributed by atoms with Crippen molar-refractivity contribution in [1.82, 2.24) is 0 Å². The molecule has 0 fully saturated rings. The largest absolute Gasteiger partial charge is 0.266 e. The number of hydrogen-bond acceptors (Lipinski definition) is 1. The molecule has 0 atom stereocenters. The van der Waals surface area contributed by atoms with Gasteiger partial charge >= 0.3 is 0 Å². The first kappa shape index (κ1) is 6.15. The van der Waals surface area contributed by atoms with Gasteiger partial charge < -0.3 is 0 Å². The van der Waals surface area contributed by atoms with Crippen molar-refractivity contribution in [1.29, 1.82) is 0 Å². The summed E-state index contributed by atoms with van der Waals surface area (Å²) < 4.78 is 4.15. The summed E-state index contributed by atoms with van der Waals surface area (Å²) in [7, 11) is 0.309. The number of rotatable bonds is 1. The van der Waals surface area contributed by atoms with Crippen molar-refractivity contribution < 1.29 is 0 Å². The van der Waals surface area contributed by atoms with Gasteiger partial charge in [-0.2, -0.15) is 0 Å². The second-order valence-electron chi connectivity index (χ2n) is 1.22. The molecule has 0 radical (unpaired) electrons. The lowest BCUT2D eigenvalue weighted by atomic mass is 10.8. The quantitative estimate of drug-likeness (QED) is 0.473. The van der Waals surface area contributed by atoms with Gasteiger partial charge in [0, 0.05) is 6.54 Å². The normalized spacial score (nSPS) is 9.33. The van der Waals surface area contributed by atoms with Crippen LogP contribution in [0.5, 0.6) is 0 Å². The third kappa shape index (κ3) is 4.15. The van der Waals surface area contributed by atoms with Crippen LogP contribution in [-0.2, 0) is 10.7 Å². The Hall–Kier alpha value is 0.150. The lowest BCUT2D eigenvalue weighted by Crippen LogP contribution is -1.77. The van der Waals surface area contributed by atoms with Crippen LogP contribution < -0.4 is 0 Å². The Bertz CT molecular complexity index is 54.6. The van der Waals surface area contributed by atoms with Crippen LogP contribution in [0.1, 0.15) is 6.92 Å². The zero-order valence-corrected chi connectivity index (χ0v) is 5.38. The van der Waals surface area contributed by atoms with Crippen molar-refractivity contribution in [2.45, 2.75) is 6.92 Å². The average molecular weight is 105 g/mol. The molecule has 0 aromatic rings. The van der Waals surface area contributed by atoms with E-state index in [1.165, 1.54) is 0 Å². The lowest BCUT2D eigenvalue weighted by Gasteiger charge is -1.83. The monoisotopic (exact) mass is 105 g/mol. The van der Waals surface area contributed by atoms with E-state index in [4.69, 9.17) is 0 Å². The highest BCUT2D eigenvalue weighted by atomic mass is 32.2. The van der Waals surface area contributed by atoms with Gasteiger partial charge in [-0.1, -0.05) is 0 Å². The lowest BCUT2D eigenvalue weighted by molar-refractivity contribution is 1.16. The molecule has 0 aromatic carbocycles. The second-order valence-corrected chi connectivity index (χ2v) is 3.02. The third-order valence-corrected chi connectivity index (χ3v) is 1.16. The fraction of sp³-hybridized carbons (Fsp3) is 1.00. The summed E-state index contributed by atoms with van der Waals surface area (Å²) in [5, 5.41) is 0. The van der Waals surface area contributed by atoms with Gasteiger partial charge in [0.2, 0.25) is 0 Å². The molecule has 1 nitrogen and oxygen atoms in total. The maximum atomic E-state index is 4.15. The molecule has 0 heterocycles. The fourth-order valence-corrected chi connectivity index (χ4v) is 0.775. The van der Waals surface area contributed by atoms with E-state index in [2.05, 4.69) is 23.8 Å².